The Labute approximate surface area is 159 Å². The lowest BCUT2D eigenvalue weighted by Crippen LogP contribution is -2.39. The number of guanidine groups is 1. The van der Waals surface area contributed by atoms with Gasteiger partial charge in [0.1, 0.15) is 11.9 Å². The first-order valence-corrected chi connectivity index (χ1v) is 8.09. The van der Waals surface area contributed by atoms with Crippen LogP contribution in [0.1, 0.15) is 12.5 Å². The normalized spacial score (nSPS) is 16.0. The van der Waals surface area contributed by atoms with Crippen molar-refractivity contribution in [1.29, 1.82) is 0 Å². The number of para-hydroxylation sites is 1. The van der Waals surface area contributed by atoms with E-state index in [0.29, 0.717) is 6.54 Å². The predicted molar refractivity (Wildman–Crippen MR) is 106 cm³/mol. The van der Waals surface area contributed by atoms with Crippen molar-refractivity contribution in [3.63, 3.8) is 0 Å². The molecule has 1 aliphatic rings. The zero-order chi connectivity index (χ0) is 15.9. The molecule has 2 N–H and O–H groups in total. The molecule has 1 unspecified atom stereocenters. The second-order valence-corrected chi connectivity index (χ2v) is 5.47. The topological polar surface area (TPSA) is 63.5 Å². The van der Waals surface area contributed by atoms with Gasteiger partial charge in [0, 0.05) is 31.9 Å². The highest BCUT2D eigenvalue weighted by molar-refractivity contribution is 14.0. The zero-order valence-corrected chi connectivity index (χ0v) is 16.1. The molecular weight excluding hydrogens is 417 g/mol. The minimum atomic E-state index is 0. The van der Waals surface area contributed by atoms with Crippen LogP contribution >= 0.6 is 24.0 Å². The fraction of sp³-hybridized carbons (Fsp3) is 0.412. The van der Waals surface area contributed by atoms with Crippen molar-refractivity contribution in [2.75, 3.05) is 19.6 Å². The molecule has 0 spiro atoms. The van der Waals surface area contributed by atoms with Crippen molar-refractivity contribution in [1.82, 2.24) is 20.4 Å². The number of rotatable bonds is 6. The summed E-state index contributed by atoms with van der Waals surface area (Å²) in [7, 11) is 0. The van der Waals surface area contributed by atoms with Crippen LogP contribution in [0.4, 0.5) is 0 Å². The first kappa shape index (κ1) is 18.6. The molecule has 1 aromatic heterocycles. The third-order valence-electron chi connectivity index (χ3n) is 3.70. The van der Waals surface area contributed by atoms with E-state index in [0.717, 1.165) is 37.8 Å². The quantitative estimate of drug-likeness (QED) is 0.410. The van der Waals surface area contributed by atoms with Crippen molar-refractivity contribution >= 4 is 29.9 Å². The lowest BCUT2D eigenvalue weighted by molar-refractivity contribution is 0.241. The van der Waals surface area contributed by atoms with Gasteiger partial charge in [-0.25, -0.2) is 4.99 Å². The number of aromatic nitrogens is 2. The Balaban J connectivity index is 0.00000208. The minimum absolute atomic E-state index is 0. The lowest BCUT2D eigenvalue weighted by Gasteiger charge is -2.13. The van der Waals surface area contributed by atoms with Gasteiger partial charge in [-0.2, -0.15) is 5.10 Å². The summed E-state index contributed by atoms with van der Waals surface area (Å²) >= 11 is 0. The second kappa shape index (κ2) is 9.51. The van der Waals surface area contributed by atoms with Crippen LogP contribution in [0, 0.1) is 0 Å². The van der Waals surface area contributed by atoms with Gasteiger partial charge in [-0.15, -0.1) is 24.0 Å². The van der Waals surface area contributed by atoms with Crippen LogP contribution in [-0.4, -0.2) is 41.5 Å². The van der Waals surface area contributed by atoms with Crippen molar-refractivity contribution < 1.29 is 4.74 Å². The summed E-state index contributed by atoms with van der Waals surface area (Å²) in [4.78, 5) is 4.64. The van der Waals surface area contributed by atoms with Crippen LogP contribution < -0.4 is 15.4 Å². The highest BCUT2D eigenvalue weighted by Gasteiger charge is 2.21. The second-order valence-electron chi connectivity index (χ2n) is 5.47. The molecule has 0 radical (unpaired) electrons. The molecule has 2 heterocycles. The van der Waals surface area contributed by atoms with Crippen LogP contribution in [0.25, 0.3) is 0 Å². The van der Waals surface area contributed by atoms with Crippen LogP contribution in [0.15, 0.2) is 47.7 Å². The largest absolute Gasteiger partial charge is 0.488 e. The van der Waals surface area contributed by atoms with E-state index >= 15 is 0 Å². The molecule has 1 atom stereocenters. The van der Waals surface area contributed by atoms with Gasteiger partial charge >= 0.3 is 0 Å². The Morgan fingerprint density at radius 3 is 2.96 bits per heavy atom. The van der Waals surface area contributed by atoms with Gasteiger partial charge < -0.3 is 15.4 Å². The number of benzene rings is 1. The molecule has 0 aliphatic carbocycles. The monoisotopic (exact) mass is 441 g/mol. The molecule has 3 rings (SSSR count). The van der Waals surface area contributed by atoms with E-state index in [-0.39, 0.29) is 30.1 Å². The van der Waals surface area contributed by atoms with Crippen LogP contribution in [0.3, 0.4) is 0 Å². The maximum absolute atomic E-state index is 5.92. The molecule has 7 heteroatoms. The lowest BCUT2D eigenvalue weighted by atomic mass is 10.1. The molecule has 2 aromatic rings. The van der Waals surface area contributed by atoms with Crippen LogP contribution in [0.2, 0.25) is 0 Å². The Hall–Kier alpha value is -1.77. The fourth-order valence-corrected chi connectivity index (χ4v) is 2.61. The third kappa shape index (κ3) is 5.12. The van der Waals surface area contributed by atoms with E-state index in [1.54, 1.807) is 6.20 Å². The molecule has 0 bridgehead atoms. The van der Waals surface area contributed by atoms with Crippen molar-refractivity contribution in [2.45, 2.75) is 26.0 Å². The smallest absolute Gasteiger partial charge is 0.191 e. The van der Waals surface area contributed by atoms with E-state index in [9.17, 15) is 0 Å². The summed E-state index contributed by atoms with van der Waals surface area (Å²) in [6, 6.07) is 10.1. The molecule has 1 aliphatic heterocycles. The summed E-state index contributed by atoms with van der Waals surface area (Å²) in [5, 5.41) is 10.8. The number of nitrogens with one attached hydrogen (secondary N) is 2. The number of hydrogen-bond donors (Lipinski definition) is 2. The molecule has 6 nitrogen and oxygen atoms in total. The van der Waals surface area contributed by atoms with Gasteiger partial charge in [0.2, 0.25) is 0 Å². The van der Waals surface area contributed by atoms with E-state index in [4.69, 9.17) is 4.74 Å². The van der Waals surface area contributed by atoms with Gasteiger partial charge in [-0.05, 0) is 24.6 Å². The number of nitrogens with zero attached hydrogens (tertiary/aromatic N) is 3. The summed E-state index contributed by atoms with van der Waals surface area (Å²) in [6.07, 6.45) is 4.78. The number of hydrogen-bond acceptors (Lipinski definition) is 3. The van der Waals surface area contributed by atoms with Gasteiger partial charge in [0.05, 0.1) is 13.1 Å². The molecule has 0 saturated heterocycles. The number of halogens is 1. The molecule has 130 valence electrons. The average Bonchev–Trinajstić information content (AvgIpc) is 3.21. The standard InChI is InChI=1S/C17H23N5O.HI/c1-2-18-17(19-9-11-22-10-5-8-21-22)20-13-15-12-14-6-3-4-7-16(14)23-15;/h3-8,10,15H,2,9,11-13H2,1H3,(H2,18,19,20);1H. The van der Waals surface area contributed by atoms with Gasteiger partial charge in [0.25, 0.3) is 0 Å². The van der Waals surface area contributed by atoms with Crippen LogP contribution in [-0.2, 0) is 13.0 Å². The van der Waals surface area contributed by atoms with E-state index in [2.05, 4.69) is 39.8 Å². The van der Waals surface area contributed by atoms with E-state index < -0.39 is 0 Å². The average molecular weight is 441 g/mol. The Morgan fingerprint density at radius 2 is 2.21 bits per heavy atom. The first-order chi connectivity index (χ1) is 11.3. The molecule has 1 aromatic carbocycles. The third-order valence-corrected chi connectivity index (χ3v) is 3.70. The maximum Gasteiger partial charge on any atom is 0.191 e. The minimum Gasteiger partial charge on any atom is -0.488 e. The Morgan fingerprint density at radius 1 is 1.33 bits per heavy atom. The molecular formula is C17H24IN5O. The van der Waals surface area contributed by atoms with Crippen molar-refractivity contribution in [3.05, 3.63) is 48.3 Å². The van der Waals surface area contributed by atoms with Crippen molar-refractivity contribution in [3.8, 4) is 5.75 Å². The zero-order valence-electron chi connectivity index (χ0n) is 13.8. The van der Waals surface area contributed by atoms with E-state index in [1.165, 1.54) is 5.56 Å². The van der Waals surface area contributed by atoms with E-state index in [1.807, 2.05) is 29.1 Å². The maximum atomic E-state index is 5.92. The Bertz CT molecular complexity index is 619. The number of ether oxygens (including phenoxy) is 1. The molecule has 0 saturated carbocycles. The number of aliphatic imine (C=N–C) groups is 1. The summed E-state index contributed by atoms with van der Waals surface area (Å²) in [6.45, 7) is 5.12. The fourth-order valence-electron chi connectivity index (χ4n) is 2.61. The summed E-state index contributed by atoms with van der Waals surface area (Å²) < 4.78 is 7.82. The molecule has 0 fully saturated rings. The molecule has 24 heavy (non-hydrogen) atoms. The SMILES string of the molecule is CCNC(=NCC1Cc2ccccc2O1)NCCn1cccn1.I. The summed E-state index contributed by atoms with van der Waals surface area (Å²) in [5.74, 6) is 1.81. The first-order valence-electron chi connectivity index (χ1n) is 8.09. The highest BCUT2D eigenvalue weighted by Crippen LogP contribution is 2.28. The van der Waals surface area contributed by atoms with Crippen LogP contribution in [0.5, 0.6) is 5.75 Å². The van der Waals surface area contributed by atoms with Gasteiger partial charge in [-0.1, -0.05) is 18.2 Å². The summed E-state index contributed by atoms with van der Waals surface area (Å²) in [5.41, 5.74) is 1.27. The highest BCUT2D eigenvalue weighted by atomic mass is 127. The molecule has 0 amide bonds. The van der Waals surface area contributed by atoms with Crippen molar-refractivity contribution in [2.24, 2.45) is 4.99 Å². The van der Waals surface area contributed by atoms with Gasteiger partial charge in [-0.3, -0.25) is 4.68 Å². The Kier molecular flexibility index (Phi) is 7.36. The predicted octanol–water partition coefficient (Wildman–Crippen LogP) is 2.06. The number of fused-ring (bicyclic) bond motifs is 1. The van der Waals surface area contributed by atoms with Gasteiger partial charge in [0.15, 0.2) is 5.96 Å².